The average Bonchev–Trinajstić information content (AvgIpc) is 3.09. The lowest BCUT2D eigenvalue weighted by molar-refractivity contribution is -0.225. The summed E-state index contributed by atoms with van der Waals surface area (Å²) < 4.78 is 40.3. The van der Waals surface area contributed by atoms with Gasteiger partial charge in [-0.15, -0.1) is 0 Å². The predicted molar refractivity (Wildman–Crippen MR) is 175 cm³/mol. The highest BCUT2D eigenvalue weighted by atomic mass is 16.6. The molecule has 0 saturated carbocycles. The fourth-order valence-electron chi connectivity index (χ4n) is 7.46. The van der Waals surface area contributed by atoms with Crippen molar-refractivity contribution in [2.45, 2.75) is 132 Å². The molecule has 3 rings (SSSR count). The van der Waals surface area contributed by atoms with Crippen molar-refractivity contribution in [3.05, 3.63) is 0 Å². The standard InChI is InChI=1S/C34H62O16/c1-4-6-22-32(41)31(40)21(27(49-22)17-47-18-28(36)37)8-12-45-13-9-24-34(43)30(39)20(7-11-44-3)26(50-24)16-46-14-10-23-33(42)29(38)19(5-2)25(15-35)48-23/h19-27,29-35,38-43H,4-18H2,1-3H3,(H,36,37). The van der Waals surface area contributed by atoms with Crippen LogP contribution in [0.4, 0.5) is 0 Å². The zero-order valence-electron chi connectivity index (χ0n) is 29.6. The van der Waals surface area contributed by atoms with Crippen LogP contribution in [-0.2, 0) is 38.0 Å². The second-order valence-electron chi connectivity index (χ2n) is 13.7. The van der Waals surface area contributed by atoms with Crippen LogP contribution in [0.3, 0.4) is 0 Å². The molecule has 16 nitrogen and oxygen atoms in total. The maximum Gasteiger partial charge on any atom is 0.329 e. The minimum absolute atomic E-state index is 0.0621. The summed E-state index contributed by atoms with van der Waals surface area (Å²) in [6.45, 7) is 3.82. The third-order valence-electron chi connectivity index (χ3n) is 10.3. The maximum atomic E-state index is 11.1. The van der Waals surface area contributed by atoms with Crippen LogP contribution in [0.2, 0.25) is 0 Å². The zero-order valence-corrected chi connectivity index (χ0v) is 29.6. The van der Waals surface area contributed by atoms with E-state index in [9.17, 15) is 40.5 Å². The molecular formula is C34H62O16. The molecule has 0 bridgehead atoms. The van der Waals surface area contributed by atoms with Gasteiger partial charge in [0.2, 0.25) is 0 Å². The normalized spacial score (nSPS) is 39.4. The van der Waals surface area contributed by atoms with Gasteiger partial charge in [0.05, 0.1) is 74.8 Å². The number of rotatable bonds is 22. The van der Waals surface area contributed by atoms with Gasteiger partial charge in [-0.05, 0) is 38.5 Å². The quantitative estimate of drug-likeness (QED) is 0.0614. The average molecular weight is 727 g/mol. The summed E-state index contributed by atoms with van der Waals surface area (Å²) in [6.07, 6.45) is -7.62. The predicted octanol–water partition coefficient (Wildman–Crippen LogP) is -1.15. The molecule has 0 aromatic heterocycles. The van der Waals surface area contributed by atoms with E-state index in [2.05, 4.69) is 0 Å². The van der Waals surface area contributed by atoms with E-state index in [1.54, 1.807) is 7.11 Å². The van der Waals surface area contributed by atoms with Crippen molar-refractivity contribution in [2.75, 3.05) is 60.0 Å². The van der Waals surface area contributed by atoms with E-state index in [4.69, 9.17) is 38.3 Å². The van der Waals surface area contributed by atoms with Crippen molar-refractivity contribution in [3.8, 4) is 0 Å². The van der Waals surface area contributed by atoms with Gasteiger partial charge in [-0.3, -0.25) is 0 Å². The van der Waals surface area contributed by atoms with Crippen molar-refractivity contribution in [1.29, 1.82) is 0 Å². The Morgan fingerprint density at radius 1 is 0.560 bits per heavy atom. The van der Waals surface area contributed by atoms with Crippen LogP contribution >= 0.6 is 0 Å². The molecule has 3 aliphatic rings. The molecular weight excluding hydrogens is 664 g/mol. The minimum atomic E-state index is -1.19. The number of aliphatic hydroxyl groups excluding tert-OH is 7. The smallest absolute Gasteiger partial charge is 0.329 e. The molecule has 0 amide bonds. The molecule has 294 valence electrons. The number of carboxylic acids is 1. The van der Waals surface area contributed by atoms with E-state index < -0.39 is 97.7 Å². The van der Waals surface area contributed by atoms with E-state index in [-0.39, 0.29) is 58.4 Å². The van der Waals surface area contributed by atoms with Crippen molar-refractivity contribution in [1.82, 2.24) is 0 Å². The molecule has 0 aromatic carbocycles. The van der Waals surface area contributed by atoms with E-state index >= 15 is 0 Å². The second kappa shape index (κ2) is 22.2. The third kappa shape index (κ3) is 12.0. The van der Waals surface area contributed by atoms with Crippen LogP contribution in [0, 0.1) is 17.8 Å². The van der Waals surface area contributed by atoms with Gasteiger partial charge >= 0.3 is 5.97 Å². The van der Waals surface area contributed by atoms with Gasteiger partial charge in [0.1, 0.15) is 24.9 Å². The lowest BCUT2D eigenvalue weighted by Crippen LogP contribution is -2.56. The van der Waals surface area contributed by atoms with Crippen molar-refractivity contribution in [3.63, 3.8) is 0 Å². The second-order valence-corrected chi connectivity index (χ2v) is 13.7. The number of carbonyl (C=O) groups is 1. The topological polar surface area (TPSA) is 244 Å². The largest absolute Gasteiger partial charge is 0.480 e. The van der Waals surface area contributed by atoms with E-state index in [0.717, 1.165) is 6.42 Å². The lowest BCUT2D eigenvalue weighted by atomic mass is 9.83. The number of hydrogen-bond donors (Lipinski definition) is 8. The van der Waals surface area contributed by atoms with Gasteiger partial charge < -0.3 is 74.0 Å². The molecule has 16 heteroatoms. The number of aliphatic hydroxyl groups is 7. The highest BCUT2D eigenvalue weighted by Crippen LogP contribution is 2.33. The molecule has 3 saturated heterocycles. The summed E-state index contributed by atoms with van der Waals surface area (Å²) in [5.41, 5.74) is 0. The van der Waals surface area contributed by atoms with Crippen LogP contribution in [-0.4, -0.2) is 180 Å². The van der Waals surface area contributed by atoms with Crippen LogP contribution < -0.4 is 0 Å². The fourth-order valence-corrected chi connectivity index (χ4v) is 7.46. The Kier molecular flexibility index (Phi) is 19.2. The van der Waals surface area contributed by atoms with Gasteiger partial charge in [0.15, 0.2) is 0 Å². The number of carboxylic acid groups (broad SMARTS) is 1. The first-order chi connectivity index (χ1) is 24.0. The Bertz CT molecular complexity index is 943. The van der Waals surface area contributed by atoms with E-state index in [1.165, 1.54) is 0 Å². The maximum absolute atomic E-state index is 11.1. The summed E-state index contributed by atoms with van der Waals surface area (Å²) in [4.78, 5) is 10.9. The van der Waals surface area contributed by atoms with Crippen molar-refractivity contribution in [2.24, 2.45) is 17.8 Å². The molecule has 0 radical (unpaired) electrons. The molecule has 3 aliphatic heterocycles. The summed E-state index contributed by atoms with van der Waals surface area (Å²) in [5, 5.41) is 83.2. The van der Waals surface area contributed by atoms with Crippen molar-refractivity contribution >= 4 is 5.97 Å². The summed E-state index contributed by atoms with van der Waals surface area (Å²) >= 11 is 0. The van der Waals surface area contributed by atoms with Crippen molar-refractivity contribution < 1.29 is 78.8 Å². The van der Waals surface area contributed by atoms with Gasteiger partial charge in [-0.1, -0.05) is 20.3 Å². The van der Waals surface area contributed by atoms with Gasteiger partial charge in [-0.2, -0.15) is 0 Å². The molecule has 0 spiro atoms. The van der Waals surface area contributed by atoms with Crippen LogP contribution in [0.1, 0.15) is 58.8 Å². The summed E-state index contributed by atoms with van der Waals surface area (Å²) in [6, 6.07) is 0. The Balaban J connectivity index is 1.51. The molecule has 15 unspecified atom stereocenters. The first-order valence-corrected chi connectivity index (χ1v) is 18.1. The number of ether oxygens (including phenoxy) is 7. The molecule has 8 N–H and O–H groups in total. The number of methoxy groups -OCH3 is 1. The first kappa shape index (κ1) is 43.3. The Morgan fingerprint density at radius 2 is 1.02 bits per heavy atom. The first-order valence-electron chi connectivity index (χ1n) is 18.1. The van der Waals surface area contributed by atoms with Gasteiger partial charge in [0.25, 0.3) is 0 Å². The molecule has 0 aliphatic carbocycles. The van der Waals surface area contributed by atoms with E-state index in [1.807, 2.05) is 13.8 Å². The van der Waals surface area contributed by atoms with Gasteiger partial charge in [-0.25, -0.2) is 4.79 Å². The SMILES string of the molecule is CCCC1OC(COCC(=O)O)C(CCOCCC2OC(COCCC3OC(CO)C(CC)C(O)C3O)C(CCOC)C(O)C2O)C(O)C1O. The number of hydrogen-bond acceptors (Lipinski definition) is 15. The Labute approximate surface area is 294 Å². The highest BCUT2D eigenvalue weighted by molar-refractivity contribution is 5.67. The Morgan fingerprint density at radius 3 is 1.52 bits per heavy atom. The van der Waals surface area contributed by atoms with Crippen LogP contribution in [0.25, 0.3) is 0 Å². The summed E-state index contributed by atoms with van der Waals surface area (Å²) in [5.74, 6) is -2.56. The van der Waals surface area contributed by atoms with E-state index in [0.29, 0.717) is 32.3 Å². The highest BCUT2D eigenvalue weighted by Gasteiger charge is 2.46. The molecule has 0 aromatic rings. The number of aliphatic carboxylic acids is 1. The molecule has 3 fully saturated rings. The van der Waals surface area contributed by atoms with Crippen LogP contribution in [0.15, 0.2) is 0 Å². The monoisotopic (exact) mass is 726 g/mol. The fraction of sp³-hybridized carbons (Fsp3) is 0.971. The lowest BCUT2D eigenvalue weighted by Gasteiger charge is -2.44. The van der Waals surface area contributed by atoms with Gasteiger partial charge in [0, 0.05) is 51.3 Å². The summed E-state index contributed by atoms with van der Waals surface area (Å²) in [7, 11) is 1.54. The zero-order chi connectivity index (χ0) is 36.8. The Hall–Kier alpha value is -1.09. The molecule has 50 heavy (non-hydrogen) atoms. The minimum Gasteiger partial charge on any atom is -0.480 e. The molecule has 3 heterocycles. The molecule has 15 atom stereocenters. The third-order valence-corrected chi connectivity index (χ3v) is 10.3. The van der Waals surface area contributed by atoms with Crippen LogP contribution in [0.5, 0.6) is 0 Å².